The van der Waals surface area contributed by atoms with Gasteiger partial charge in [0, 0.05) is 37.6 Å². The lowest BCUT2D eigenvalue weighted by molar-refractivity contribution is 0.527. The van der Waals surface area contributed by atoms with E-state index in [1.165, 1.54) is 10.9 Å². The Bertz CT molecular complexity index is 538. The minimum atomic E-state index is 0.562. The zero-order valence-electron chi connectivity index (χ0n) is 11.1. The Kier molecular flexibility index (Phi) is 3.00. The van der Waals surface area contributed by atoms with Crippen LogP contribution in [-0.2, 0) is 0 Å². The van der Waals surface area contributed by atoms with Crippen LogP contribution in [-0.4, -0.2) is 26.2 Å². The van der Waals surface area contributed by atoms with Gasteiger partial charge in [0.25, 0.3) is 0 Å². The maximum atomic E-state index is 5.94. The van der Waals surface area contributed by atoms with E-state index in [0.717, 1.165) is 37.6 Å². The maximum absolute atomic E-state index is 5.94. The SMILES string of the molecule is CC(C)c1ccc2oc(N3CCNCC3)cc2c1. The van der Waals surface area contributed by atoms with Crippen LogP contribution in [0, 0.1) is 0 Å². The molecule has 1 saturated heterocycles. The summed E-state index contributed by atoms with van der Waals surface area (Å²) in [6, 6.07) is 8.68. The summed E-state index contributed by atoms with van der Waals surface area (Å²) in [6.07, 6.45) is 0. The third kappa shape index (κ3) is 2.10. The topological polar surface area (TPSA) is 28.4 Å². The fourth-order valence-corrected chi connectivity index (χ4v) is 2.45. The zero-order chi connectivity index (χ0) is 12.5. The number of nitrogens with one attached hydrogen (secondary N) is 1. The number of hydrogen-bond acceptors (Lipinski definition) is 3. The van der Waals surface area contributed by atoms with Crippen molar-refractivity contribution in [3.05, 3.63) is 29.8 Å². The smallest absolute Gasteiger partial charge is 0.196 e. The average Bonchev–Trinajstić information content (AvgIpc) is 2.82. The lowest BCUT2D eigenvalue weighted by Crippen LogP contribution is -2.43. The standard InChI is InChI=1S/C15H20N2O/c1-11(2)12-3-4-14-13(9-12)10-15(18-14)17-7-5-16-6-8-17/h3-4,9-11,16H,5-8H2,1-2H3. The normalized spacial score (nSPS) is 16.7. The molecule has 0 unspecified atom stereocenters. The molecule has 1 fully saturated rings. The van der Waals surface area contributed by atoms with E-state index >= 15 is 0 Å². The van der Waals surface area contributed by atoms with Gasteiger partial charge in [0.1, 0.15) is 5.58 Å². The van der Waals surface area contributed by atoms with Gasteiger partial charge in [0.05, 0.1) is 0 Å². The molecule has 0 atom stereocenters. The molecule has 1 aromatic carbocycles. The summed E-state index contributed by atoms with van der Waals surface area (Å²) in [4.78, 5) is 2.31. The molecular formula is C15H20N2O. The molecule has 96 valence electrons. The van der Waals surface area contributed by atoms with Gasteiger partial charge in [-0.05, 0) is 23.6 Å². The lowest BCUT2D eigenvalue weighted by atomic mass is 10.0. The molecule has 1 aliphatic rings. The fourth-order valence-electron chi connectivity index (χ4n) is 2.45. The minimum Gasteiger partial charge on any atom is -0.441 e. The van der Waals surface area contributed by atoms with Gasteiger partial charge in [0.2, 0.25) is 0 Å². The van der Waals surface area contributed by atoms with E-state index in [9.17, 15) is 0 Å². The lowest BCUT2D eigenvalue weighted by Gasteiger charge is -2.26. The van der Waals surface area contributed by atoms with Gasteiger partial charge in [-0.1, -0.05) is 19.9 Å². The van der Waals surface area contributed by atoms with Crippen molar-refractivity contribution in [1.82, 2.24) is 5.32 Å². The molecule has 0 aliphatic carbocycles. The molecule has 0 bridgehead atoms. The number of furan rings is 1. The third-order valence-electron chi connectivity index (χ3n) is 3.62. The second-order valence-electron chi connectivity index (χ2n) is 5.27. The first kappa shape index (κ1) is 11.6. The van der Waals surface area contributed by atoms with Crippen molar-refractivity contribution in [2.45, 2.75) is 19.8 Å². The maximum Gasteiger partial charge on any atom is 0.196 e. The highest BCUT2D eigenvalue weighted by atomic mass is 16.4. The number of nitrogens with zero attached hydrogens (tertiary/aromatic N) is 1. The Labute approximate surface area is 108 Å². The van der Waals surface area contributed by atoms with Gasteiger partial charge < -0.3 is 14.6 Å². The van der Waals surface area contributed by atoms with Crippen molar-refractivity contribution in [2.24, 2.45) is 0 Å². The van der Waals surface area contributed by atoms with Crippen LogP contribution in [0.3, 0.4) is 0 Å². The number of hydrogen-bond donors (Lipinski definition) is 1. The Hall–Kier alpha value is -1.48. The van der Waals surface area contributed by atoms with Crippen molar-refractivity contribution in [1.29, 1.82) is 0 Å². The summed E-state index contributed by atoms with van der Waals surface area (Å²) in [5.41, 5.74) is 2.36. The van der Waals surface area contributed by atoms with Crippen molar-refractivity contribution in [3.8, 4) is 0 Å². The van der Waals surface area contributed by atoms with E-state index in [4.69, 9.17) is 4.42 Å². The number of fused-ring (bicyclic) bond motifs is 1. The monoisotopic (exact) mass is 244 g/mol. The highest BCUT2D eigenvalue weighted by molar-refractivity contribution is 5.82. The first-order chi connectivity index (χ1) is 8.74. The molecule has 0 radical (unpaired) electrons. The molecule has 1 aliphatic heterocycles. The van der Waals surface area contributed by atoms with Crippen LogP contribution < -0.4 is 10.2 Å². The van der Waals surface area contributed by atoms with Crippen LogP contribution in [0.1, 0.15) is 25.3 Å². The van der Waals surface area contributed by atoms with Crippen LogP contribution in [0.25, 0.3) is 11.0 Å². The van der Waals surface area contributed by atoms with Crippen LogP contribution in [0.15, 0.2) is 28.7 Å². The third-order valence-corrected chi connectivity index (χ3v) is 3.62. The van der Waals surface area contributed by atoms with E-state index in [1.54, 1.807) is 0 Å². The molecule has 18 heavy (non-hydrogen) atoms. The predicted octanol–water partition coefficient (Wildman–Crippen LogP) is 2.97. The second kappa shape index (κ2) is 4.65. The first-order valence-electron chi connectivity index (χ1n) is 6.73. The molecular weight excluding hydrogens is 224 g/mol. The van der Waals surface area contributed by atoms with Gasteiger partial charge in [-0.25, -0.2) is 0 Å². The summed E-state index contributed by atoms with van der Waals surface area (Å²) in [7, 11) is 0. The second-order valence-corrected chi connectivity index (χ2v) is 5.27. The summed E-state index contributed by atoms with van der Waals surface area (Å²) >= 11 is 0. The summed E-state index contributed by atoms with van der Waals surface area (Å²) in [5.74, 6) is 1.57. The molecule has 1 aromatic heterocycles. The van der Waals surface area contributed by atoms with E-state index in [1.807, 2.05) is 0 Å². The van der Waals surface area contributed by atoms with Gasteiger partial charge in [-0.3, -0.25) is 0 Å². The van der Waals surface area contributed by atoms with Gasteiger partial charge in [-0.15, -0.1) is 0 Å². The van der Waals surface area contributed by atoms with Crippen LogP contribution in [0.2, 0.25) is 0 Å². The Morgan fingerprint density at radius 1 is 1.17 bits per heavy atom. The first-order valence-corrected chi connectivity index (χ1v) is 6.73. The van der Waals surface area contributed by atoms with Gasteiger partial charge >= 0.3 is 0 Å². The van der Waals surface area contributed by atoms with E-state index < -0.39 is 0 Å². The zero-order valence-corrected chi connectivity index (χ0v) is 11.1. The van der Waals surface area contributed by atoms with Crippen molar-refractivity contribution < 1.29 is 4.42 Å². The van der Waals surface area contributed by atoms with Crippen LogP contribution in [0.5, 0.6) is 0 Å². The summed E-state index contributed by atoms with van der Waals surface area (Å²) in [5, 5.41) is 4.58. The van der Waals surface area contributed by atoms with Gasteiger partial charge in [-0.2, -0.15) is 0 Å². The molecule has 3 nitrogen and oxygen atoms in total. The highest BCUT2D eigenvalue weighted by Gasteiger charge is 2.15. The Balaban J connectivity index is 1.94. The number of benzene rings is 1. The van der Waals surface area contributed by atoms with Crippen LogP contribution >= 0.6 is 0 Å². The predicted molar refractivity (Wildman–Crippen MR) is 75.4 cm³/mol. The van der Waals surface area contributed by atoms with E-state index in [-0.39, 0.29) is 0 Å². The fraction of sp³-hybridized carbons (Fsp3) is 0.467. The molecule has 3 heteroatoms. The molecule has 0 amide bonds. The number of piperazine rings is 1. The summed E-state index contributed by atoms with van der Waals surface area (Å²) in [6.45, 7) is 8.56. The number of rotatable bonds is 2. The summed E-state index contributed by atoms with van der Waals surface area (Å²) < 4.78 is 5.94. The highest BCUT2D eigenvalue weighted by Crippen LogP contribution is 2.28. The van der Waals surface area contributed by atoms with Crippen molar-refractivity contribution in [2.75, 3.05) is 31.1 Å². The largest absolute Gasteiger partial charge is 0.441 e. The Morgan fingerprint density at radius 3 is 2.67 bits per heavy atom. The van der Waals surface area contributed by atoms with Gasteiger partial charge in [0.15, 0.2) is 5.88 Å². The molecule has 2 aromatic rings. The van der Waals surface area contributed by atoms with E-state index in [2.05, 4.69) is 48.3 Å². The molecule has 0 spiro atoms. The van der Waals surface area contributed by atoms with Crippen LogP contribution in [0.4, 0.5) is 5.88 Å². The molecule has 1 N–H and O–H groups in total. The van der Waals surface area contributed by atoms with Crippen molar-refractivity contribution in [3.63, 3.8) is 0 Å². The molecule has 0 saturated carbocycles. The molecule has 2 heterocycles. The Morgan fingerprint density at radius 2 is 1.94 bits per heavy atom. The van der Waals surface area contributed by atoms with Crippen molar-refractivity contribution >= 4 is 16.9 Å². The minimum absolute atomic E-state index is 0.562. The number of anilines is 1. The molecule has 3 rings (SSSR count). The average molecular weight is 244 g/mol. The van der Waals surface area contributed by atoms with E-state index in [0.29, 0.717) is 5.92 Å². The quantitative estimate of drug-likeness (QED) is 0.880.